The molecule has 1 aliphatic heterocycles. The summed E-state index contributed by atoms with van der Waals surface area (Å²) in [6.45, 7) is 3.19. The molecule has 0 amide bonds. The van der Waals surface area contributed by atoms with Crippen LogP contribution in [0.4, 0.5) is 5.82 Å². The summed E-state index contributed by atoms with van der Waals surface area (Å²) in [5.74, 6) is 0.617. The molecule has 0 aromatic carbocycles. The molecule has 1 fully saturated rings. The normalized spacial score (nSPS) is 18.0. The Morgan fingerprint density at radius 3 is 3.05 bits per heavy atom. The van der Waals surface area contributed by atoms with Crippen molar-refractivity contribution in [3.8, 4) is 0 Å². The first kappa shape index (κ1) is 14.1. The number of esters is 1. The van der Waals surface area contributed by atoms with Crippen LogP contribution in [0.2, 0.25) is 0 Å². The van der Waals surface area contributed by atoms with Gasteiger partial charge in [-0.3, -0.25) is 0 Å². The van der Waals surface area contributed by atoms with Crippen molar-refractivity contribution in [3.05, 3.63) is 46.3 Å². The third-order valence-electron chi connectivity index (χ3n) is 3.68. The SMILES string of the molecule is CCOC(=O)c1ccc(N2CCCC2c2cccs2)nc1. The van der Waals surface area contributed by atoms with Crippen molar-refractivity contribution >= 4 is 23.1 Å². The maximum Gasteiger partial charge on any atom is 0.339 e. The van der Waals surface area contributed by atoms with Crippen LogP contribution in [0.1, 0.15) is 41.0 Å². The third kappa shape index (κ3) is 2.93. The Balaban J connectivity index is 1.78. The number of hydrogen-bond donors (Lipinski definition) is 0. The van der Waals surface area contributed by atoms with E-state index >= 15 is 0 Å². The lowest BCUT2D eigenvalue weighted by Gasteiger charge is -2.25. The average Bonchev–Trinajstić information content (AvgIpc) is 3.18. The summed E-state index contributed by atoms with van der Waals surface area (Å²) < 4.78 is 4.98. The van der Waals surface area contributed by atoms with Gasteiger partial charge in [0.15, 0.2) is 0 Å². The van der Waals surface area contributed by atoms with E-state index in [-0.39, 0.29) is 5.97 Å². The first-order valence-corrected chi connectivity index (χ1v) is 8.10. The molecule has 3 heterocycles. The predicted molar refractivity (Wildman–Crippen MR) is 83.8 cm³/mol. The van der Waals surface area contributed by atoms with E-state index in [0.717, 1.165) is 18.8 Å². The second-order valence-corrected chi connectivity index (χ2v) is 5.97. The summed E-state index contributed by atoms with van der Waals surface area (Å²) in [5.41, 5.74) is 0.507. The number of pyridine rings is 1. The van der Waals surface area contributed by atoms with Crippen LogP contribution in [0.3, 0.4) is 0 Å². The molecular formula is C16H18N2O2S. The lowest BCUT2D eigenvalue weighted by Crippen LogP contribution is -2.23. The summed E-state index contributed by atoms with van der Waals surface area (Å²) in [6.07, 6.45) is 3.93. The zero-order chi connectivity index (χ0) is 14.7. The Morgan fingerprint density at radius 2 is 2.38 bits per heavy atom. The largest absolute Gasteiger partial charge is 0.462 e. The highest BCUT2D eigenvalue weighted by Gasteiger charge is 2.27. The highest BCUT2D eigenvalue weighted by atomic mass is 32.1. The molecular weight excluding hydrogens is 284 g/mol. The molecule has 110 valence electrons. The highest BCUT2D eigenvalue weighted by molar-refractivity contribution is 7.10. The van der Waals surface area contributed by atoms with E-state index in [1.807, 2.05) is 6.07 Å². The Morgan fingerprint density at radius 1 is 1.48 bits per heavy atom. The molecule has 0 radical (unpaired) electrons. The van der Waals surface area contributed by atoms with Gasteiger partial charge in [-0.1, -0.05) is 6.07 Å². The van der Waals surface area contributed by atoms with Crippen LogP contribution in [-0.2, 0) is 4.74 Å². The van der Waals surface area contributed by atoms with Gasteiger partial charge in [0, 0.05) is 17.6 Å². The molecule has 3 rings (SSSR count). The van der Waals surface area contributed by atoms with Crippen molar-refractivity contribution < 1.29 is 9.53 Å². The zero-order valence-electron chi connectivity index (χ0n) is 12.0. The summed E-state index contributed by atoms with van der Waals surface area (Å²) in [7, 11) is 0. The zero-order valence-corrected chi connectivity index (χ0v) is 12.8. The van der Waals surface area contributed by atoms with Crippen LogP contribution in [-0.4, -0.2) is 24.1 Å². The predicted octanol–water partition coefficient (Wildman–Crippen LogP) is 3.66. The molecule has 0 aliphatic carbocycles. The van der Waals surface area contributed by atoms with Crippen LogP contribution < -0.4 is 4.90 Å². The van der Waals surface area contributed by atoms with Crippen molar-refractivity contribution in [1.29, 1.82) is 0 Å². The van der Waals surface area contributed by atoms with Crippen molar-refractivity contribution in [2.75, 3.05) is 18.1 Å². The standard InChI is InChI=1S/C16H18N2O2S/c1-2-20-16(19)12-7-8-15(17-11-12)18-9-3-5-13(18)14-6-4-10-21-14/h4,6-8,10-11,13H,2-3,5,9H2,1H3. The number of nitrogens with zero attached hydrogens (tertiary/aromatic N) is 2. The van der Waals surface area contributed by atoms with E-state index in [4.69, 9.17) is 4.74 Å². The first-order chi connectivity index (χ1) is 10.3. The van der Waals surface area contributed by atoms with Gasteiger partial charge in [-0.15, -0.1) is 11.3 Å². The minimum Gasteiger partial charge on any atom is -0.462 e. The van der Waals surface area contributed by atoms with Gasteiger partial charge in [0.25, 0.3) is 0 Å². The Kier molecular flexibility index (Phi) is 4.20. The summed E-state index contributed by atoms with van der Waals surface area (Å²) in [4.78, 5) is 19.8. The molecule has 5 heteroatoms. The van der Waals surface area contributed by atoms with E-state index in [9.17, 15) is 4.79 Å². The number of aromatic nitrogens is 1. The van der Waals surface area contributed by atoms with Crippen LogP contribution in [0.15, 0.2) is 35.8 Å². The number of carbonyl (C=O) groups is 1. The Bertz CT molecular complexity index is 595. The van der Waals surface area contributed by atoms with E-state index in [0.29, 0.717) is 18.2 Å². The minimum absolute atomic E-state index is 0.312. The van der Waals surface area contributed by atoms with Crippen LogP contribution in [0.5, 0.6) is 0 Å². The smallest absolute Gasteiger partial charge is 0.339 e. The summed E-state index contributed by atoms with van der Waals surface area (Å²) in [6, 6.07) is 8.39. The first-order valence-electron chi connectivity index (χ1n) is 7.23. The number of thiophene rings is 1. The van der Waals surface area contributed by atoms with E-state index in [1.54, 1.807) is 30.5 Å². The van der Waals surface area contributed by atoms with Crippen molar-refractivity contribution in [2.24, 2.45) is 0 Å². The quantitative estimate of drug-likeness (QED) is 0.808. The van der Waals surface area contributed by atoms with Crippen molar-refractivity contribution in [3.63, 3.8) is 0 Å². The molecule has 21 heavy (non-hydrogen) atoms. The number of ether oxygens (including phenoxy) is 1. The molecule has 0 spiro atoms. The van der Waals surface area contributed by atoms with Gasteiger partial charge in [0.05, 0.1) is 18.2 Å². The fraction of sp³-hybridized carbons (Fsp3) is 0.375. The minimum atomic E-state index is -0.312. The van der Waals surface area contributed by atoms with Gasteiger partial charge in [-0.05, 0) is 43.3 Å². The van der Waals surface area contributed by atoms with Crippen LogP contribution >= 0.6 is 11.3 Å². The molecule has 1 unspecified atom stereocenters. The molecule has 1 atom stereocenters. The fourth-order valence-electron chi connectivity index (χ4n) is 2.71. The lowest BCUT2D eigenvalue weighted by molar-refractivity contribution is 0.0526. The summed E-state index contributed by atoms with van der Waals surface area (Å²) in [5, 5.41) is 2.11. The van der Waals surface area contributed by atoms with Gasteiger partial charge in [-0.2, -0.15) is 0 Å². The third-order valence-corrected chi connectivity index (χ3v) is 4.65. The Hall–Kier alpha value is -1.88. The highest BCUT2D eigenvalue weighted by Crippen LogP contribution is 2.37. The molecule has 2 aromatic rings. The van der Waals surface area contributed by atoms with Gasteiger partial charge < -0.3 is 9.64 Å². The Labute approximate surface area is 128 Å². The average molecular weight is 302 g/mol. The van der Waals surface area contributed by atoms with Gasteiger partial charge >= 0.3 is 5.97 Å². The molecule has 0 bridgehead atoms. The van der Waals surface area contributed by atoms with Crippen LogP contribution in [0, 0.1) is 0 Å². The molecule has 0 saturated carbocycles. The second-order valence-electron chi connectivity index (χ2n) is 4.99. The summed E-state index contributed by atoms with van der Waals surface area (Å²) >= 11 is 1.79. The van der Waals surface area contributed by atoms with Gasteiger partial charge in [0.1, 0.15) is 5.82 Å². The van der Waals surface area contributed by atoms with Gasteiger partial charge in [0.2, 0.25) is 0 Å². The number of carbonyl (C=O) groups excluding carboxylic acids is 1. The van der Waals surface area contributed by atoms with Crippen molar-refractivity contribution in [1.82, 2.24) is 4.98 Å². The molecule has 1 aliphatic rings. The number of anilines is 1. The van der Waals surface area contributed by atoms with Crippen LogP contribution in [0.25, 0.3) is 0 Å². The molecule has 2 aromatic heterocycles. The lowest BCUT2D eigenvalue weighted by atomic mass is 10.2. The molecule has 4 nitrogen and oxygen atoms in total. The second kappa shape index (κ2) is 6.26. The number of rotatable bonds is 4. The fourth-order valence-corrected chi connectivity index (χ4v) is 3.58. The molecule has 1 saturated heterocycles. The van der Waals surface area contributed by atoms with E-state index < -0.39 is 0 Å². The van der Waals surface area contributed by atoms with Gasteiger partial charge in [-0.25, -0.2) is 9.78 Å². The topological polar surface area (TPSA) is 42.4 Å². The van der Waals surface area contributed by atoms with Crippen molar-refractivity contribution in [2.45, 2.75) is 25.8 Å². The number of hydrogen-bond acceptors (Lipinski definition) is 5. The maximum absolute atomic E-state index is 11.7. The van der Waals surface area contributed by atoms with E-state index in [2.05, 4.69) is 27.4 Å². The molecule has 0 N–H and O–H groups in total. The maximum atomic E-state index is 11.7. The monoisotopic (exact) mass is 302 g/mol. The van der Waals surface area contributed by atoms with E-state index in [1.165, 1.54) is 11.3 Å².